The second kappa shape index (κ2) is 6.92. The van der Waals surface area contributed by atoms with Crippen LogP contribution in [0.4, 0.5) is 0 Å². The first-order valence-electron chi connectivity index (χ1n) is 5.65. The van der Waals surface area contributed by atoms with Crippen molar-refractivity contribution in [2.75, 3.05) is 12.4 Å². The Kier molecular flexibility index (Phi) is 6.15. The van der Waals surface area contributed by atoms with E-state index in [-0.39, 0.29) is 11.3 Å². The van der Waals surface area contributed by atoms with Crippen LogP contribution in [0, 0.1) is 5.41 Å². The van der Waals surface area contributed by atoms with Gasteiger partial charge in [0.1, 0.15) is 0 Å². The fraction of sp³-hybridized carbons (Fsp3) is 0.462. The molecule has 0 spiro atoms. The van der Waals surface area contributed by atoms with E-state index in [1.807, 2.05) is 12.1 Å². The summed E-state index contributed by atoms with van der Waals surface area (Å²) in [5.41, 5.74) is 0.640. The van der Waals surface area contributed by atoms with Crippen LogP contribution >= 0.6 is 43.5 Å². The molecule has 0 heterocycles. The van der Waals surface area contributed by atoms with E-state index in [0.717, 1.165) is 15.4 Å². The van der Waals surface area contributed by atoms with Crippen LogP contribution in [-0.2, 0) is 0 Å². The van der Waals surface area contributed by atoms with Gasteiger partial charge in [-0.15, -0.1) is 11.6 Å². The van der Waals surface area contributed by atoms with Gasteiger partial charge in [0.05, 0.1) is 5.56 Å². The molecular weight excluding hydrogens is 381 g/mol. The zero-order valence-electron chi connectivity index (χ0n) is 10.4. The maximum atomic E-state index is 12.1. The van der Waals surface area contributed by atoms with Gasteiger partial charge >= 0.3 is 0 Å². The van der Waals surface area contributed by atoms with Gasteiger partial charge in [0.15, 0.2) is 0 Å². The van der Waals surface area contributed by atoms with Crippen LogP contribution in [0.5, 0.6) is 0 Å². The summed E-state index contributed by atoms with van der Waals surface area (Å²) in [5, 5.41) is 2.94. The number of halogens is 3. The molecule has 5 heteroatoms. The smallest absolute Gasteiger partial charge is 0.252 e. The minimum absolute atomic E-state index is 0.00982. The van der Waals surface area contributed by atoms with Crippen LogP contribution in [0.3, 0.4) is 0 Å². The van der Waals surface area contributed by atoms with Gasteiger partial charge < -0.3 is 5.32 Å². The Morgan fingerprint density at radius 3 is 2.67 bits per heavy atom. The first kappa shape index (κ1) is 16.0. The molecule has 100 valence electrons. The second-order valence-corrected chi connectivity index (χ2v) is 7.06. The standard InChI is InChI=1S/C13H16Br2ClNO/c1-13(2,5-6-16)8-17-12(18)10-7-9(14)3-4-11(10)15/h3-4,7H,5-6,8H2,1-2H3,(H,17,18). The third-order valence-corrected chi connectivity index (χ3v) is 4.05. The zero-order chi connectivity index (χ0) is 13.8. The average Bonchev–Trinajstić information content (AvgIpc) is 2.29. The van der Waals surface area contributed by atoms with Crippen LogP contribution < -0.4 is 5.32 Å². The quantitative estimate of drug-likeness (QED) is 0.723. The van der Waals surface area contributed by atoms with Crippen LogP contribution in [0.25, 0.3) is 0 Å². The molecular formula is C13H16Br2ClNO. The van der Waals surface area contributed by atoms with Crippen molar-refractivity contribution in [2.24, 2.45) is 5.41 Å². The van der Waals surface area contributed by atoms with Crippen molar-refractivity contribution in [3.63, 3.8) is 0 Å². The van der Waals surface area contributed by atoms with E-state index in [0.29, 0.717) is 18.0 Å². The molecule has 0 aliphatic heterocycles. The highest BCUT2D eigenvalue weighted by molar-refractivity contribution is 9.11. The molecule has 0 radical (unpaired) electrons. The normalized spacial score (nSPS) is 11.4. The van der Waals surface area contributed by atoms with Gasteiger partial charge in [-0.25, -0.2) is 0 Å². The van der Waals surface area contributed by atoms with Crippen molar-refractivity contribution in [3.05, 3.63) is 32.7 Å². The molecule has 0 saturated heterocycles. The van der Waals surface area contributed by atoms with E-state index in [1.54, 1.807) is 6.07 Å². The van der Waals surface area contributed by atoms with Gasteiger partial charge in [0, 0.05) is 21.4 Å². The van der Waals surface area contributed by atoms with Crippen molar-refractivity contribution < 1.29 is 4.79 Å². The molecule has 0 aliphatic rings. The number of hydrogen-bond acceptors (Lipinski definition) is 1. The molecule has 1 aromatic carbocycles. The van der Waals surface area contributed by atoms with Crippen molar-refractivity contribution >= 4 is 49.4 Å². The summed E-state index contributed by atoms with van der Waals surface area (Å²) >= 11 is 12.5. The van der Waals surface area contributed by atoms with Crippen molar-refractivity contribution in [2.45, 2.75) is 20.3 Å². The second-order valence-electron chi connectivity index (χ2n) is 4.91. The number of amides is 1. The van der Waals surface area contributed by atoms with Crippen LogP contribution in [-0.4, -0.2) is 18.3 Å². The number of nitrogens with one attached hydrogen (secondary N) is 1. The molecule has 0 saturated carbocycles. The SMILES string of the molecule is CC(C)(CCCl)CNC(=O)c1cc(Br)ccc1Br. The Balaban J connectivity index is 2.69. The van der Waals surface area contributed by atoms with Gasteiger partial charge in [-0.3, -0.25) is 4.79 Å². The van der Waals surface area contributed by atoms with E-state index in [9.17, 15) is 4.79 Å². The Labute approximate surface area is 130 Å². The Hall–Kier alpha value is -0.0600. The molecule has 0 unspecified atom stereocenters. The lowest BCUT2D eigenvalue weighted by Gasteiger charge is -2.23. The van der Waals surface area contributed by atoms with E-state index in [1.165, 1.54) is 0 Å². The number of alkyl halides is 1. The van der Waals surface area contributed by atoms with Gasteiger partial charge in [0.25, 0.3) is 5.91 Å². The van der Waals surface area contributed by atoms with Crippen molar-refractivity contribution in [1.82, 2.24) is 5.32 Å². The third-order valence-electron chi connectivity index (χ3n) is 2.67. The van der Waals surface area contributed by atoms with E-state index >= 15 is 0 Å². The maximum Gasteiger partial charge on any atom is 0.252 e. The summed E-state index contributed by atoms with van der Waals surface area (Å²) in [6.45, 7) is 4.79. The van der Waals surface area contributed by atoms with Crippen LogP contribution in [0.15, 0.2) is 27.1 Å². The summed E-state index contributed by atoms with van der Waals surface area (Å²) < 4.78 is 1.68. The Morgan fingerprint density at radius 2 is 2.06 bits per heavy atom. The first-order chi connectivity index (χ1) is 8.35. The van der Waals surface area contributed by atoms with Gasteiger partial charge in [-0.2, -0.15) is 0 Å². The molecule has 0 atom stereocenters. The van der Waals surface area contributed by atoms with E-state index in [2.05, 4.69) is 51.0 Å². The average molecular weight is 398 g/mol. The minimum atomic E-state index is -0.0779. The summed E-state index contributed by atoms with van der Waals surface area (Å²) in [4.78, 5) is 12.1. The molecule has 1 rings (SSSR count). The summed E-state index contributed by atoms with van der Waals surface area (Å²) in [6.07, 6.45) is 0.870. The van der Waals surface area contributed by atoms with Gasteiger partial charge in [-0.05, 0) is 46.0 Å². The van der Waals surface area contributed by atoms with Crippen molar-refractivity contribution in [3.8, 4) is 0 Å². The maximum absolute atomic E-state index is 12.1. The molecule has 18 heavy (non-hydrogen) atoms. The van der Waals surface area contributed by atoms with Crippen LogP contribution in [0.1, 0.15) is 30.6 Å². The molecule has 1 amide bonds. The lowest BCUT2D eigenvalue weighted by molar-refractivity contribution is 0.0935. The van der Waals surface area contributed by atoms with E-state index in [4.69, 9.17) is 11.6 Å². The molecule has 0 aliphatic carbocycles. The molecule has 1 aromatic rings. The van der Waals surface area contributed by atoms with Gasteiger partial charge in [0.2, 0.25) is 0 Å². The number of hydrogen-bond donors (Lipinski definition) is 1. The number of rotatable bonds is 5. The van der Waals surface area contributed by atoms with E-state index < -0.39 is 0 Å². The lowest BCUT2D eigenvalue weighted by Crippen LogP contribution is -2.34. The highest BCUT2D eigenvalue weighted by Gasteiger charge is 2.19. The minimum Gasteiger partial charge on any atom is -0.351 e. The molecule has 0 fully saturated rings. The molecule has 1 N–H and O–H groups in total. The highest BCUT2D eigenvalue weighted by atomic mass is 79.9. The predicted molar refractivity (Wildman–Crippen MR) is 83.3 cm³/mol. The lowest BCUT2D eigenvalue weighted by atomic mass is 9.90. The molecule has 0 bridgehead atoms. The highest BCUT2D eigenvalue weighted by Crippen LogP contribution is 2.23. The fourth-order valence-electron chi connectivity index (χ4n) is 1.43. The number of carbonyl (C=O) groups excluding carboxylic acids is 1. The van der Waals surface area contributed by atoms with Crippen molar-refractivity contribution in [1.29, 1.82) is 0 Å². The first-order valence-corrected chi connectivity index (χ1v) is 7.77. The molecule has 2 nitrogen and oxygen atoms in total. The third kappa shape index (κ3) is 4.90. The number of benzene rings is 1. The predicted octanol–water partition coefficient (Wildman–Crippen LogP) is 4.60. The Morgan fingerprint density at radius 1 is 1.39 bits per heavy atom. The van der Waals surface area contributed by atoms with Gasteiger partial charge in [-0.1, -0.05) is 29.8 Å². The fourth-order valence-corrected chi connectivity index (χ4v) is 2.73. The largest absolute Gasteiger partial charge is 0.351 e. The Bertz CT molecular complexity index is 435. The number of carbonyl (C=O) groups is 1. The molecule has 0 aromatic heterocycles. The topological polar surface area (TPSA) is 29.1 Å². The van der Waals surface area contributed by atoms with Crippen LogP contribution in [0.2, 0.25) is 0 Å². The summed E-state index contributed by atoms with van der Waals surface area (Å²) in [6, 6.07) is 5.54. The monoisotopic (exact) mass is 395 g/mol. The zero-order valence-corrected chi connectivity index (χ0v) is 14.3. The summed E-state index contributed by atoms with van der Waals surface area (Å²) in [7, 11) is 0. The summed E-state index contributed by atoms with van der Waals surface area (Å²) in [5.74, 6) is 0.523.